The third kappa shape index (κ3) is 2.07. The fourth-order valence-corrected chi connectivity index (χ4v) is 3.08. The Labute approximate surface area is 102 Å². The lowest BCUT2D eigenvalue weighted by atomic mass is 10.4. The van der Waals surface area contributed by atoms with Crippen molar-refractivity contribution in [3.05, 3.63) is 52.4 Å². The van der Waals surface area contributed by atoms with E-state index in [9.17, 15) is 8.42 Å². The number of halogens is 1. The van der Waals surface area contributed by atoms with Crippen molar-refractivity contribution in [2.45, 2.75) is 4.90 Å². The van der Waals surface area contributed by atoms with Gasteiger partial charge >= 0.3 is 0 Å². The maximum atomic E-state index is 12.0. The molecule has 5 heteroatoms. The SMILES string of the molecule is O=S(=O)(c1ccccc1)n1ccc(I)c1. The number of hydrogen-bond donors (Lipinski definition) is 0. The van der Waals surface area contributed by atoms with Crippen molar-refractivity contribution in [2.75, 3.05) is 0 Å². The molecule has 78 valence electrons. The minimum Gasteiger partial charge on any atom is -0.248 e. The number of benzene rings is 1. The van der Waals surface area contributed by atoms with Gasteiger partial charge in [0.2, 0.25) is 0 Å². The van der Waals surface area contributed by atoms with E-state index in [1.165, 1.54) is 3.97 Å². The van der Waals surface area contributed by atoms with Crippen LogP contribution >= 0.6 is 22.6 Å². The zero-order chi connectivity index (χ0) is 10.9. The van der Waals surface area contributed by atoms with Crippen molar-refractivity contribution in [2.24, 2.45) is 0 Å². The normalized spacial score (nSPS) is 11.5. The molecule has 0 aliphatic heterocycles. The molecule has 0 unspecified atom stereocenters. The zero-order valence-corrected chi connectivity index (χ0v) is 10.6. The van der Waals surface area contributed by atoms with Crippen molar-refractivity contribution in [1.82, 2.24) is 3.97 Å². The summed E-state index contributed by atoms with van der Waals surface area (Å²) in [7, 11) is -3.41. The fraction of sp³-hybridized carbons (Fsp3) is 0. The van der Waals surface area contributed by atoms with Crippen LogP contribution in [0.25, 0.3) is 0 Å². The lowest BCUT2D eigenvalue weighted by Crippen LogP contribution is -2.10. The van der Waals surface area contributed by atoms with Crippen molar-refractivity contribution >= 4 is 32.6 Å². The van der Waals surface area contributed by atoms with E-state index in [0.29, 0.717) is 4.90 Å². The molecule has 0 amide bonds. The molecule has 0 saturated carbocycles. The predicted molar refractivity (Wildman–Crippen MR) is 66.2 cm³/mol. The van der Waals surface area contributed by atoms with Gasteiger partial charge in [-0.15, -0.1) is 0 Å². The standard InChI is InChI=1S/C10H8INO2S/c11-9-6-7-12(8-9)15(13,14)10-4-2-1-3-5-10/h1-8H. The third-order valence-electron chi connectivity index (χ3n) is 1.95. The lowest BCUT2D eigenvalue weighted by molar-refractivity contribution is 0.587. The highest BCUT2D eigenvalue weighted by Crippen LogP contribution is 2.15. The molecule has 2 aromatic rings. The van der Waals surface area contributed by atoms with Crippen molar-refractivity contribution in [3.63, 3.8) is 0 Å². The summed E-state index contributed by atoms with van der Waals surface area (Å²) < 4.78 is 26.1. The minimum atomic E-state index is -3.41. The van der Waals surface area contributed by atoms with Gasteiger partial charge in [0.05, 0.1) is 4.90 Å². The molecule has 0 spiro atoms. The molecule has 1 aromatic heterocycles. The molecule has 0 aliphatic rings. The van der Waals surface area contributed by atoms with Gasteiger partial charge in [-0.2, -0.15) is 0 Å². The second kappa shape index (κ2) is 3.97. The Kier molecular flexibility index (Phi) is 2.83. The van der Waals surface area contributed by atoms with Gasteiger partial charge in [0, 0.05) is 16.0 Å². The molecular formula is C10H8INO2S. The first-order valence-corrected chi connectivity index (χ1v) is 6.77. The smallest absolute Gasteiger partial charge is 0.248 e. The number of nitrogens with zero attached hydrogens (tertiary/aromatic N) is 1. The van der Waals surface area contributed by atoms with Crippen LogP contribution in [0.15, 0.2) is 53.7 Å². The van der Waals surface area contributed by atoms with E-state index in [-0.39, 0.29) is 0 Å². The molecule has 2 rings (SSSR count). The minimum absolute atomic E-state index is 0.303. The topological polar surface area (TPSA) is 39.1 Å². The summed E-state index contributed by atoms with van der Waals surface area (Å²) >= 11 is 2.07. The quantitative estimate of drug-likeness (QED) is 0.792. The van der Waals surface area contributed by atoms with Crippen LogP contribution in [0.4, 0.5) is 0 Å². The largest absolute Gasteiger partial charge is 0.267 e. The van der Waals surface area contributed by atoms with Gasteiger partial charge in [-0.05, 0) is 40.8 Å². The molecule has 0 radical (unpaired) electrons. The van der Waals surface area contributed by atoms with E-state index in [2.05, 4.69) is 22.6 Å². The Morgan fingerprint density at radius 3 is 2.27 bits per heavy atom. The molecule has 15 heavy (non-hydrogen) atoms. The van der Waals surface area contributed by atoms with E-state index < -0.39 is 10.0 Å². The first-order chi connectivity index (χ1) is 7.10. The molecule has 0 atom stereocenters. The van der Waals surface area contributed by atoms with E-state index in [4.69, 9.17) is 0 Å². The Hall–Kier alpha value is -0.820. The second-order valence-electron chi connectivity index (χ2n) is 2.98. The molecule has 0 bridgehead atoms. The first kappa shape index (κ1) is 10.7. The highest BCUT2D eigenvalue weighted by molar-refractivity contribution is 14.1. The van der Waals surface area contributed by atoms with Crippen LogP contribution in [-0.2, 0) is 10.0 Å². The first-order valence-electron chi connectivity index (χ1n) is 4.25. The Morgan fingerprint density at radius 2 is 1.73 bits per heavy atom. The van der Waals surface area contributed by atoms with Crippen LogP contribution < -0.4 is 0 Å². The highest BCUT2D eigenvalue weighted by Gasteiger charge is 2.15. The van der Waals surface area contributed by atoms with Crippen LogP contribution in [0.5, 0.6) is 0 Å². The Morgan fingerprint density at radius 1 is 1.07 bits per heavy atom. The van der Waals surface area contributed by atoms with Gasteiger partial charge < -0.3 is 0 Å². The maximum absolute atomic E-state index is 12.0. The van der Waals surface area contributed by atoms with Crippen LogP contribution in [0.3, 0.4) is 0 Å². The molecule has 0 fully saturated rings. The van der Waals surface area contributed by atoms with Gasteiger partial charge in [0.1, 0.15) is 0 Å². The molecule has 1 aromatic carbocycles. The van der Waals surface area contributed by atoms with Gasteiger partial charge in [-0.1, -0.05) is 18.2 Å². The fourth-order valence-electron chi connectivity index (χ4n) is 1.22. The average molecular weight is 333 g/mol. The number of rotatable bonds is 2. The number of hydrogen-bond acceptors (Lipinski definition) is 2. The Bertz CT molecular complexity index is 560. The lowest BCUT2D eigenvalue weighted by Gasteiger charge is -2.04. The molecule has 0 saturated heterocycles. The molecule has 1 heterocycles. The van der Waals surface area contributed by atoms with Gasteiger partial charge in [0.25, 0.3) is 10.0 Å². The predicted octanol–water partition coefficient (Wildman–Crippen LogP) is 2.33. The molecular weight excluding hydrogens is 325 g/mol. The van der Waals surface area contributed by atoms with E-state index in [1.54, 1.807) is 48.8 Å². The second-order valence-corrected chi connectivity index (χ2v) is 6.07. The van der Waals surface area contributed by atoms with Crippen LogP contribution in [-0.4, -0.2) is 12.4 Å². The van der Waals surface area contributed by atoms with Crippen LogP contribution in [0.1, 0.15) is 0 Å². The summed E-state index contributed by atoms with van der Waals surface area (Å²) in [4.78, 5) is 0.303. The maximum Gasteiger partial charge on any atom is 0.267 e. The van der Waals surface area contributed by atoms with Gasteiger partial charge in [0.15, 0.2) is 0 Å². The summed E-state index contributed by atoms with van der Waals surface area (Å²) in [5.74, 6) is 0. The molecule has 3 nitrogen and oxygen atoms in total. The van der Waals surface area contributed by atoms with Crippen molar-refractivity contribution in [3.8, 4) is 0 Å². The monoisotopic (exact) mass is 333 g/mol. The molecule has 0 aliphatic carbocycles. The van der Waals surface area contributed by atoms with E-state index in [1.807, 2.05) is 0 Å². The average Bonchev–Trinajstić information content (AvgIpc) is 2.67. The van der Waals surface area contributed by atoms with Gasteiger partial charge in [-0.25, -0.2) is 12.4 Å². The van der Waals surface area contributed by atoms with E-state index >= 15 is 0 Å². The highest BCUT2D eigenvalue weighted by atomic mass is 127. The summed E-state index contributed by atoms with van der Waals surface area (Å²) in [6.45, 7) is 0. The van der Waals surface area contributed by atoms with Crippen molar-refractivity contribution < 1.29 is 8.42 Å². The van der Waals surface area contributed by atoms with Gasteiger partial charge in [-0.3, -0.25) is 0 Å². The summed E-state index contributed by atoms with van der Waals surface area (Å²) in [5.41, 5.74) is 0. The summed E-state index contributed by atoms with van der Waals surface area (Å²) in [5, 5.41) is 0. The zero-order valence-electron chi connectivity index (χ0n) is 7.67. The summed E-state index contributed by atoms with van der Waals surface area (Å²) in [6, 6.07) is 10.1. The van der Waals surface area contributed by atoms with Crippen molar-refractivity contribution in [1.29, 1.82) is 0 Å². The molecule has 0 N–H and O–H groups in total. The van der Waals surface area contributed by atoms with E-state index in [0.717, 1.165) is 3.57 Å². The van der Waals surface area contributed by atoms with Crippen LogP contribution in [0, 0.1) is 3.57 Å². The summed E-state index contributed by atoms with van der Waals surface area (Å²) in [6.07, 6.45) is 3.13. The Balaban J connectivity index is 2.54. The third-order valence-corrected chi connectivity index (χ3v) is 4.24. The number of aromatic nitrogens is 1. The van der Waals surface area contributed by atoms with Crippen LogP contribution in [0.2, 0.25) is 0 Å².